The van der Waals surface area contributed by atoms with E-state index in [9.17, 15) is 9.59 Å². The lowest BCUT2D eigenvalue weighted by Crippen LogP contribution is -2.19. The first-order valence-corrected chi connectivity index (χ1v) is 5.57. The lowest BCUT2D eigenvalue weighted by Gasteiger charge is -2.14. The fourth-order valence-corrected chi connectivity index (χ4v) is 2.81. The van der Waals surface area contributed by atoms with Gasteiger partial charge in [-0.15, -0.1) is 0 Å². The minimum atomic E-state index is -0.0514. The Morgan fingerprint density at radius 1 is 1.29 bits per heavy atom. The number of hydrogen-bond donors (Lipinski definition) is 0. The molecule has 0 fully saturated rings. The first kappa shape index (κ1) is 8.98. The van der Waals surface area contributed by atoms with Crippen LogP contribution in [0.25, 0.3) is 5.70 Å². The van der Waals surface area contributed by atoms with Crippen LogP contribution in [-0.4, -0.2) is 28.1 Å². The number of allylic oxidation sites excluding steroid dienone is 3. The molecule has 4 heteroatoms. The van der Waals surface area contributed by atoms with Crippen LogP contribution in [0.1, 0.15) is 33.5 Å². The lowest BCUT2D eigenvalue weighted by atomic mass is 9.96. The summed E-state index contributed by atoms with van der Waals surface area (Å²) < 4.78 is 1.97. The smallest absolute Gasteiger partial charge is 0.206 e. The molecule has 1 aromatic heterocycles. The fourth-order valence-electron chi connectivity index (χ4n) is 2.81. The molecule has 2 aliphatic heterocycles. The van der Waals surface area contributed by atoms with Gasteiger partial charge in [0.1, 0.15) is 5.69 Å². The zero-order chi connectivity index (χ0) is 11.9. The van der Waals surface area contributed by atoms with E-state index in [1.54, 1.807) is 6.92 Å². The van der Waals surface area contributed by atoms with Crippen LogP contribution in [0.4, 0.5) is 0 Å². The van der Waals surface area contributed by atoms with Crippen molar-refractivity contribution in [3.63, 3.8) is 0 Å². The van der Waals surface area contributed by atoms with E-state index in [1.165, 1.54) is 17.5 Å². The van der Waals surface area contributed by atoms with Crippen molar-refractivity contribution in [2.45, 2.75) is 13.5 Å². The van der Waals surface area contributed by atoms with Gasteiger partial charge in [-0.1, -0.05) is 0 Å². The third-order valence-corrected chi connectivity index (χ3v) is 3.80. The Kier molecular flexibility index (Phi) is 1.28. The number of nitrogens with zero attached hydrogens (tertiary/aromatic N) is 2. The molecule has 3 aliphatic rings. The van der Waals surface area contributed by atoms with E-state index < -0.39 is 0 Å². The van der Waals surface area contributed by atoms with E-state index in [1.807, 2.05) is 17.7 Å². The summed E-state index contributed by atoms with van der Waals surface area (Å²) in [7, 11) is 2.01. The molecule has 3 heterocycles. The molecule has 0 saturated carbocycles. The first-order chi connectivity index (χ1) is 8.09. The first-order valence-electron chi connectivity index (χ1n) is 5.57. The molecule has 0 aromatic carbocycles. The number of fused-ring (bicyclic) bond motifs is 4. The fraction of sp³-hybridized carbons (Fsp3) is 0.231. The van der Waals surface area contributed by atoms with E-state index in [0.29, 0.717) is 16.8 Å². The van der Waals surface area contributed by atoms with Gasteiger partial charge in [-0.2, -0.15) is 0 Å². The molecule has 0 spiro atoms. The van der Waals surface area contributed by atoms with Crippen LogP contribution in [0.15, 0.2) is 23.4 Å². The Morgan fingerprint density at radius 3 is 2.82 bits per heavy atom. The number of likely N-dealkylation sites (N-methyl/N-ethyl adjacent to an activating group) is 1. The molecular formula is C13H10N2O2. The molecule has 1 aliphatic carbocycles. The van der Waals surface area contributed by atoms with Crippen molar-refractivity contribution in [2.24, 2.45) is 0 Å². The standard InChI is InChI=1S/C13H10N2O2/c1-6-3-10(16)7-4-8-12-9(14(12)2)5-15(8)11(7)13(6)17/h3-4H,5H2,1-2H3. The van der Waals surface area contributed by atoms with Gasteiger partial charge >= 0.3 is 0 Å². The predicted octanol–water partition coefficient (Wildman–Crippen LogP) is 1.44. The van der Waals surface area contributed by atoms with Gasteiger partial charge in [0.15, 0.2) is 5.78 Å². The highest BCUT2D eigenvalue weighted by molar-refractivity contribution is 6.24. The van der Waals surface area contributed by atoms with Crippen molar-refractivity contribution in [3.8, 4) is 0 Å². The van der Waals surface area contributed by atoms with Crippen molar-refractivity contribution in [2.75, 3.05) is 7.05 Å². The topological polar surface area (TPSA) is 42.1 Å². The number of ketones is 2. The maximum Gasteiger partial charge on any atom is 0.206 e. The van der Waals surface area contributed by atoms with Gasteiger partial charge in [0.2, 0.25) is 5.78 Å². The number of Topliss-reactive ketones (excluding diaryl/α,β-unsaturated/α-hetero) is 1. The van der Waals surface area contributed by atoms with E-state index in [4.69, 9.17) is 0 Å². The zero-order valence-electron chi connectivity index (χ0n) is 9.57. The summed E-state index contributed by atoms with van der Waals surface area (Å²) in [5, 5.41) is 0. The van der Waals surface area contributed by atoms with Gasteiger partial charge < -0.3 is 9.47 Å². The van der Waals surface area contributed by atoms with Gasteiger partial charge in [-0.3, -0.25) is 9.59 Å². The Labute approximate surface area is 97.8 Å². The van der Waals surface area contributed by atoms with Gasteiger partial charge in [0, 0.05) is 12.6 Å². The molecule has 0 amide bonds. The van der Waals surface area contributed by atoms with E-state index in [0.717, 1.165) is 12.2 Å². The predicted molar refractivity (Wildman–Crippen MR) is 61.5 cm³/mol. The largest absolute Gasteiger partial charge is 0.342 e. The molecule has 0 bridgehead atoms. The van der Waals surface area contributed by atoms with Gasteiger partial charge in [0.05, 0.1) is 29.2 Å². The second-order valence-corrected chi connectivity index (χ2v) is 4.75. The molecule has 17 heavy (non-hydrogen) atoms. The van der Waals surface area contributed by atoms with Crippen LogP contribution in [-0.2, 0) is 6.54 Å². The molecule has 0 saturated heterocycles. The minimum Gasteiger partial charge on any atom is -0.342 e. The summed E-state index contributed by atoms with van der Waals surface area (Å²) >= 11 is 0. The third kappa shape index (κ3) is 0.858. The molecular weight excluding hydrogens is 216 g/mol. The van der Waals surface area contributed by atoms with E-state index >= 15 is 0 Å². The number of hydrogen-bond acceptors (Lipinski definition) is 3. The maximum atomic E-state index is 12.1. The molecule has 1 aromatic rings. The maximum absolute atomic E-state index is 12.1. The monoisotopic (exact) mass is 226 g/mol. The normalized spacial score (nSPS) is 20.4. The number of aromatic nitrogens is 1. The van der Waals surface area contributed by atoms with Crippen molar-refractivity contribution in [3.05, 3.63) is 40.4 Å². The molecule has 0 unspecified atom stereocenters. The Morgan fingerprint density at radius 2 is 2.06 bits per heavy atom. The van der Waals surface area contributed by atoms with Gasteiger partial charge in [-0.25, -0.2) is 0 Å². The van der Waals surface area contributed by atoms with Gasteiger partial charge in [0.25, 0.3) is 0 Å². The van der Waals surface area contributed by atoms with E-state index in [2.05, 4.69) is 4.90 Å². The average Bonchev–Trinajstić information content (AvgIpc) is 2.65. The molecule has 0 atom stereocenters. The molecule has 0 radical (unpaired) electrons. The van der Waals surface area contributed by atoms with Gasteiger partial charge in [-0.05, 0) is 19.1 Å². The second-order valence-electron chi connectivity index (χ2n) is 4.75. The summed E-state index contributed by atoms with van der Waals surface area (Å²) in [5.74, 6) is -0.0690. The highest BCUT2D eigenvalue weighted by Crippen LogP contribution is 2.47. The molecule has 4 rings (SSSR count). The molecule has 0 N–H and O–H groups in total. The Balaban J connectivity index is 1.97. The average molecular weight is 226 g/mol. The molecule has 4 nitrogen and oxygen atoms in total. The second kappa shape index (κ2) is 2.42. The summed E-state index contributed by atoms with van der Waals surface area (Å²) in [4.78, 5) is 26.1. The van der Waals surface area contributed by atoms with Crippen LogP contribution in [0.3, 0.4) is 0 Å². The van der Waals surface area contributed by atoms with Crippen LogP contribution in [0.5, 0.6) is 0 Å². The Bertz CT molecular complexity index is 689. The Hall–Kier alpha value is -2.10. The van der Waals surface area contributed by atoms with Crippen molar-refractivity contribution < 1.29 is 9.59 Å². The van der Waals surface area contributed by atoms with Crippen molar-refractivity contribution in [1.29, 1.82) is 0 Å². The van der Waals surface area contributed by atoms with Crippen LogP contribution < -0.4 is 0 Å². The van der Waals surface area contributed by atoms with E-state index in [-0.39, 0.29) is 11.6 Å². The summed E-state index contributed by atoms with van der Waals surface area (Å²) in [6.45, 7) is 2.42. The summed E-state index contributed by atoms with van der Waals surface area (Å²) in [6, 6.07) is 1.85. The van der Waals surface area contributed by atoms with Crippen molar-refractivity contribution >= 4 is 17.3 Å². The van der Waals surface area contributed by atoms with Crippen LogP contribution >= 0.6 is 0 Å². The quantitative estimate of drug-likeness (QED) is 0.672. The van der Waals surface area contributed by atoms with Crippen molar-refractivity contribution in [1.82, 2.24) is 9.47 Å². The minimum absolute atomic E-state index is 0.0176. The number of carbonyl (C=O) groups excluding carboxylic acids is 2. The number of carbonyl (C=O) groups is 2. The number of rotatable bonds is 0. The summed E-state index contributed by atoms with van der Waals surface area (Å²) in [6.07, 6.45) is 1.44. The van der Waals surface area contributed by atoms with Crippen LogP contribution in [0.2, 0.25) is 0 Å². The van der Waals surface area contributed by atoms with Crippen LogP contribution in [0, 0.1) is 0 Å². The lowest BCUT2D eigenvalue weighted by molar-refractivity contribution is 0.0978. The SMILES string of the molecule is CC1=CC(=O)c2cc3n(c2C1=O)CC1=C3N1C. The third-order valence-electron chi connectivity index (χ3n) is 3.80. The highest BCUT2D eigenvalue weighted by Gasteiger charge is 2.43. The molecule has 84 valence electrons. The highest BCUT2D eigenvalue weighted by atomic mass is 16.1. The summed E-state index contributed by atoms with van der Waals surface area (Å²) in [5.41, 5.74) is 5.12. The zero-order valence-corrected chi connectivity index (χ0v) is 9.57.